The molecule has 1 atom stereocenters. The van der Waals surface area contributed by atoms with Gasteiger partial charge in [0.05, 0.1) is 12.4 Å². The van der Waals surface area contributed by atoms with E-state index in [1.807, 2.05) is 29.6 Å². The summed E-state index contributed by atoms with van der Waals surface area (Å²) in [4.78, 5) is 23.5. The zero-order valence-electron chi connectivity index (χ0n) is 14.7. The maximum Gasteiger partial charge on any atom is 0.233 e. The van der Waals surface area contributed by atoms with Crippen molar-refractivity contribution in [2.45, 2.75) is 36.6 Å². The zero-order chi connectivity index (χ0) is 17.6. The van der Waals surface area contributed by atoms with E-state index in [1.54, 1.807) is 18.4 Å². The molecule has 2 aromatic rings. The van der Waals surface area contributed by atoms with E-state index in [9.17, 15) is 4.79 Å². The summed E-state index contributed by atoms with van der Waals surface area (Å²) in [7, 11) is 1.71. The Balaban J connectivity index is 1.57. The molecule has 8 heteroatoms. The third kappa shape index (κ3) is 4.83. The lowest BCUT2D eigenvalue weighted by atomic mass is 9.97. The third-order valence-corrected chi connectivity index (χ3v) is 6.46. The predicted molar refractivity (Wildman–Crippen MR) is 100 cm³/mol. The van der Waals surface area contributed by atoms with Crippen molar-refractivity contribution in [3.05, 3.63) is 29.3 Å². The van der Waals surface area contributed by atoms with Crippen LogP contribution in [0.15, 0.2) is 22.1 Å². The van der Waals surface area contributed by atoms with E-state index in [-0.39, 0.29) is 5.91 Å². The Hall–Kier alpha value is -1.38. The summed E-state index contributed by atoms with van der Waals surface area (Å²) in [5.74, 6) is 2.02. The van der Waals surface area contributed by atoms with Crippen molar-refractivity contribution in [2.24, 2.45) is 0 Å². The first-order valence-electron chi connectivity index (χ1n) is 8.50. The molecule has 136 valence electrons. The van der Waals surface area contributed by atoms with Gasteiger partial charge in [0, 0.05) is 56.1 Å². The van der Waals surface area contributed by atoms with Crippen LogP contribution in [0.4, 0.5) is 0 Å². The van der Waals surface area contributed by atoms with Gasteiger partial charge in [-0.15, -0.1) is 11.3 Å². The monoisotopic (exact) mass is 380 g/mol. The second kappa shape index (κ2) is 8.82. The quantitative estimate of drug-likeness (QED) is 0.691. The highest BCUT2D eigenvalue weighted by Gasteiger charge is 2.27. The van der Waals surface area contributed by atoms with Crippen LogP contribution in [-0.2, 0) is 16.1 Å². The standard InChI is InChI=1S/C17H24N4O2S2/c1-13-11-24-17(19-13)25-12-15(22)21-6-3-4-14(10-21)16-18-5-7-20(16)8-9-23-2/h5,7,11,14H,3-4,6,8-10,12H2,1-2H3/t14-/m0/s1. The third-order valence-electron chi connectivity index (χ3n) is 4.34. The molecular formula is C17H24N4O2S2. The van der Waals surface area contributed by atoms with Crippen LogP contribution < -0.4 is 0 Å². The Labute approximate surface area is 156 Å². The zero-order valence-corrected chi connectivity index (χ0v) is 16.3. The smallest absolute Gasteiger partial charge is 0.233 e. The van der Waals surface area contributed by atoms with Gasteiger partial charge in [0.15, 0.2) is 4.34 Å². The Morgan fingerprint density at radius 1 is 1.52 bits per heavy atom. The van der Waals surface area contributed by atoms with Crippen molar-refractivity contribution in [3.8, 4) is 0 Å². The summed E-state index contributed by atoms with van der Waals surface area (Å²) in [6, 6.07) is 0. The summed E-state index contributed by atoms with van der Waals surface area (Å²) in [5.41, 5.74) is 1.01. The van der Waals surface area contributed by atoms with Crippen LogP contribution in [0, 0.1) is 6.92 Å². The van der Waals surface area contributed by atoms with Gasteiger partial charge in [-0.3, -0.25) is 4.79 Å². The van der Waals surface area contributed by atoms with Crippen LogP contribution in [0.25, 0.3) is 0 Å². The van der Waals surface area contributed by atoms with Gasteiger partial charge in [-0.25, -0.2) is 9.97 Å². The SMILES string of the molecule is COCCn1ccnc1[C@H]1CCCN(C(=O)CSc2nc(C)cs2)C1. The largest absolute Gasteiger partial charge is 0.383 e. The molecule has 25 heavy (non-hydrogen) atoms. The van der Waals surface area contributed by atoms with Crippen LogP contribution in [0.5, 0.6) is 0 Å². The number of hydrogen-bond donors (Lipinski definition) is 0. The van der Waals surface area contributed by atoms with Crippen molar-refractivity contribution >= 4 is 29.0 Å². The van der Waals surface area contributed by atoms with E-state index >= 15 is 0 Å². The van der Waals surface area contributed by atoms with Gasteiger partial charge < -0.3 is 14.2 Å². The molecule has 1 fully saturated rings. The van der Waals surface area contributed by atoms with Gasteiger partial charge in [0.2, 0.25) is 5.91 Å². The van der Waals surface area contributed by atoms with Crippen LogP contribution in [-0.4, -0.2) is 57.9 Å². The lowest BCUT2D eigenvalue weighted by molar-refractivity contribution is -0.129. The van der Waals surface area contributed by atoms with Crippen LogP contribution in [0.2, 0.25) is 0 Å². The van der Waals surface area contributed by atoms with Crippen LogP contribution in [0.1, 0.15) is 30.3 Å². The lowest BCUT2D eigenvalue weighted by Gasteiger charge is -2.32. The van der Waals surface area contributed by atoms with E-state index in [2.05, 4.69) is 14.5 Å². The number of piperidine rings is 1. The molecule has 3 heterocycles. The van der Waals surface area contributed by atoms with Crippen molar-refractivity contribution in [3.63, 3.8) is 0 Å². The first-order valence-corrected chi connectivity index (χ1v) is 10.4. The average Bonchev–Trinajstić information content (AvgIpc) is 3.26. The number of amides is 1. The van der Waals surface area contributed by atoms with Crippen molar-refractivity contribution < 1.29 is 9.53 Å². The molecule has 1 aliphatic heterocycles. The number of rotatable bonds is 7. The highest BCUT2D eigenvalue weighted by Crippen LogP contribution is 2.27. The first-order chi connectivity index (χ1) is 12.2. The highest BCUT2D eigenvalue weighted by atomic mass is 32.2. The van der Waals surface area contributed by atoms with Gasteiger partial charge in [-0.2, -0.15) is 0 Å². The molecule has 1 saturated heterocycles. The minimum absolute atomic E-state index is 0.192. The van der Waals surface area contributed by atoms with E-state index in [0.717, 1.165) is 48.3 Å². The molecule has 0 saturated carbocycles. The van der Waals surface area contributed by atoms with Gasteiger partial charge in [-0.05, 0) is 19.8 Å². The van der Waals surface area contributed by atoms with E-state index in [4.69, 9.17) is 4.74 Å². The second-order valence-corrected chi connectivity index (χ2v) is 8.27. The Morgan fingerprint density at radius 2 is 2.40 bits per heavy atom. The van der Waals surface area contributed by atoms with E-state index < -0.39 is 0 Å². The Bertz CT molecular complexity index is 700. The number of carbonyl (C=O) groups excluding carboxylic acids is 1. The number of methoxy groups -OCH3 is 1. The molecule has 6 nitrogen and oxygen atoms in total. The maximum absolute atomic E-state index is 12.6. The number of imidazole rings is 1. The van der Waals surface area contributed by atoms with Gasteiger partial charge >= 0.3 is 0 Å². The Kier molecular flexibility index (Phi) is 6.50. The molecule has 0 spiro atoms. The topological polar surface area (TPSA) is 60.2 Å². The number of hydrogen-bond acceptors (Lipinski definition) is 6. The number of aryl methyl sites for hydroxylation is 1. The fraction of sp³-hybridized carbons (Fsp3) is 0.588. The number of aromatic nitrogens is 3. The maximum atomic E-state index is 12.6. The summed E-state index contributed by atoms with van der Waals surface area (Å²) in [5, 5.41) is 2.02. The molecule has 2 aromatic heterocycles. The number of carbonyl (C=O) groups is 1. The number of likely N-dealkylation sites (tertiary alicyclic amines) is 1. The van der Waals surface area contributed by atoms with Crippen molar-refractivity contribution in [1.82, 2.24) is 19.4 Å². The van der Waals surface area contributed by atoms with E-state index in [1.165, 1.54) is 11.8 Å². The average molecular weight is 381 g/mol. The van der Waals surface area contributed by atoms with Gasteiger partial charge in [0.1, 0.15) is 5.82 Å². The number of thiazole rings is 1. The van der Waals surface area contributed by atoms with Gasteiger partial charge in [-0.1, -0.05) is 11.8 Å². The number of nitrogens with zero attached hydrogens (tertiary/aromatic N) is 4. The fourth-order valence-corrected chi connectivity index (χ4v) is 4.84. The highest BCUT2D eigenvalue weighted by molar-refractivity contribution is 8.01. The molecule has 1 amide bonds. The summed E-state index contributed by atoms with van der Waals surface area (Å²) in [6.07, 6.45) is 5.93. The van der Waals surface area contributed by atoms with Gasteiger partial charge in [0.25, 0.3) is 0 Å². The molecule has 0 bridgehead atoms. The molecule has 0 aliphatic carbocycles. The predicted octanol–water partition coefficient (Wildman–Crippen LogP) is 2.79. The number of ether oxygens (including phenoxy) is 1. The molecule has 0 N–H and O–H groups in total. The normalized spacial score (nSPS) is 17.8. The molecule has 0 aromatic carbocycles. The lowest BCUT2D eigenvalue weighted by Crippen LogP contribution is -2.40. The molecule has 0 unspecified atom stereocenters. The minimum Gasteiger partial charge on any atom is -0.383 e. The van der Waals surface area contributed by atoms with Crippen molar-refractivity contribution in [1.29, 1.82) is 0 Å². The number of thioether (sulfide) groups is 1. The summed E-state index contributed by atoms with van der Waals surface area (Å²) < 4.78 is 8.29. The molecule has 0 radical (unpaired) electrons. The second-order valence-electron chi connectivity index (χ2n) is 6.19. The van der Waals surface area contributed by atoms with Crippen LogP contribution in [0.3, 0.4) is 0 Å². The first kappa shape index (κ1) is 18.4. The van der Waals surface area contributed by atoms with Crippen LogP contribution >= 0.6 is 23.1 Å². The molecule has 1 aliphatic rings. The Morgan fingerprint density at radius 3 is 3.16 bits per heavy atom. The summed E-state index contributed by atoms with van der Waals surface area (Å²) in [6.45, 7) is 5.04. The van der Waals surface area contributed by atoms with E-state index in [0.29, 0.717) is 18.3 Å². The minimum atomic E-state index is 0.192. The fourth-order valence-electron chi connectivity index (χ4n) is 3.09. The van der Waals surface area contributed by atoms with Crippen molar-refractivity contribution in [2.75, 3.05) is 32.6 Å². The molecule has 3 rings (SSSR count). The molecular weight excluding hydrogens is 356 g/mol. The summed E-state index contributed by atoms with van der Waals surface area (Å²) >= 11 is 3.14.